The summed E-state index contributed by atoms with van der Waals surface area (Å²) in [6, 6.07) is 14.2. The van der Waals surface area contributed by atoms with Crippen LogP contribution in [-0.4, -0.2) is 30.4 Å². The highest BCUT2D eigenvalue weighted by Crippen LogP contribution is 2.18. The molecule has 5 heteroatoms. The number of carbonyl (C=O) groups excluding carboxylic acids is 1. The van der Waals surface area contributed by atoms with Gasteiger partial charge < -0.3 is 5.32 Å². The quantitative estimate of drug-likeness (QED) is 0.821. The van der Waals surface area contributed by atoms with Crippen molar-refractivity contribution in [2.45, 2.75) is 25.8 Å². The molecule has 1 fully saturated rings. The number of carbonyl (C=O) groups is 1. The third-order valence-electron chi connectivity index (χ3n) is 4.83. The fourth-order valence-electron chi connectivity index (χ4n) is 3.36. The highest BCUT2D eigenvalue weighted by atomic mass is 19.2. The van der Waals surface area contributed by atoms with Crippen molar-refractivity contribution in [2.75, 3.05) is 19.6 Å². The second kappa shape index (κ2) is 8.90. The van der Waals surface area contributed by atoms with Crippen molar-refractivity contribution in [1.29, 1.82) is 0 Å². The molecular formula is C21H24F2N2O. The smallest absolute Gasteiger partial charge is 0.220 e. The van der Waals surface area contributed by atoms with E-state index in [9.17, 15) is 13.6 Å². The molecule has 0 aliphatic carbocycles. The Labute approximate surface area is 153 Å². The van der Waals surface area contributed by atoms with Gasteiger partial charge in [0.2, 0.25) is 5.91 Å². The van der Waals surface area contributed by atoms with Gasteiger partial charge in [0, 0.05) is 26.1 Å². The molecule has 2 aromatic carbocycles. The molecule has 0 aromatic heterocycles. The van der Waals surface area contributed by atoms with E-state index in [1.54, 1.807) is 0 Å². The van der Waals surface area contributed by atoms with Crippen LogP contribution >= 0.6 is 0 Å². The van der Waals surface area contributed by atoms with Gasteiger partial charge in [-0.25, -0.2) is 8.78 Å². The van der Waals surface area contributed by atoms with Gasteiger partial charge in [0.25, 0.3) is 0 Å². The molecule has 3 nitrogen and oxygen atoms in total. The first-order valence-corrected chi connectivity index (χ1v) is 9.07. The van der Waals surface area contributed by atoms with E-state index in [1.165, 1.54) is 11.6 Å². The van der Waals surface area contributed by atoms with Gasteiger partial charge in [-0.05, 0) is 48.6 Å². The van der Waals surface area contributed by atoms with Gasteiger partial charge in [-0.2, -0.15) is 0 Å². The summed E-state index contributed by atoms with van der Waals surface area (Å²) in [6.45, 7) is 3.64. The zero-order chi connectivity index (χ0) is 18.4. The van der Waals surface area contributed by atoms with E-state index in [0.29, 0.717) is 24.4 Å². The number of nitrogens with zero attached hydrogens (tertiary/aromatic N) is 1. The second-order valence-electron chi connectivity index (χ2n) is 6.93. The average molecular weight is 358 g/mol. The maximum Gasteiger partial charge on any atom is 0.220 e. The molecule has 26 heavy (non-hydrogen) atoms. The summed E-state index contributed by atoms with van der Waals surface area (Å²) in [6.07, 6.45) is 1.77. The minimum atomic E-state index is -0.868. The molecule has 138 valence electrons. The van der Waals surface area contributed by atoms with Crippen molar-refractivity contribution in [1.82, 2.24) is 10.2 Å². The van der Waals surface area contributed by atoms with Crippen LogP contribution in [-0.2, 0) is 17.8 Å². The van der Waals surface area contributed by atoms with Crippen molar-refractivity contribution < 1.29 is 13.6 Å². The predicted molar refractivity (Wildman–Crippen MR) is 97.5 cm³/mol. The molecule has 1 N–H and O–H groups in total. The number of aryl methyl sites for hydroxylation is 1. The van der Waals surface area contributed by atoms with Crippen LogP contribution in [0.2, 0.25) is 0 Å². The Balaban J connectivity index is 1.36. The number of hydrogen-bond acceptors (Lipinski definition) is 2. The number of likely N-dealkylation sites (tertiary alicyclic amines) is 1. The van der Waals surface area contributed by atoms with E-state index in [1.807, 2.05) is 6.07 Å². The Bertz CT molecular complexity index is 736. The summed E-state index contributed by atoms with van der Waals surface area (Å²) >= 11 is 0. The van der Waals surface area contributed by atoms with E-state index in [4.69, 9.17) is 0 Å². The van der Waals surface area contributed by atoms with Crippen LogP contribution < -0.4 is 5.32 Å². The van der Waals surface area contributed by atoms with E-state index in [-0.39, 0.29) is 12.3 Å². The van der Waals surface area contributed by atoms with Gasteiger partial charge in [-0.3, -0.25) is 9.69 Å². The summed E-state index contributed by atoms with van der Waals surface area (Å²) in [7, 11) is 0. The third kappa shape index (κ3) is 5.36. The normalized spacial score (nSPS) is 17.4. The molecule has 0 spiro atoms. The van der Waals surface area contributed by atoms with Crippen molar-refractivity contribution >= 4 is 5.91 Å². The minimum absolute atomic E-state index is 0.0451. The van der Waals surface area contributed by atoms with Crippen LogP contribution in [0.15, 0.2) is 48.5 Å². The lowest BCUT2D eigenvalue weighted by Crippen LogP contribution is -2.31. The fourth-order valence-corrected chi connectivity index (χ4v) is 3.36. The first-order chi connectivity index (χ1) is 12.6. The van der Waals surface area contributed by atoms with E-state index < -0.39 is 11.6 Å². The fraction of sp³-hybridized carbons (Fsp3) is 0.381. The third-order valence-corrected chi connectivity index (χ3v) is 4.83. The maximum atomic E-state index is 13.2. The Morgan fingerprint density at radius 3 is 2.65 bits per heavy atom. The molecule has 0 radical (unpaired) electrons. The van der Waals surface area contributed by atoms with Crippen molar-refractivity contribution in [3.05, 3.63) is 71.3 Å². The zero-order valence-corrected chi connectivity index (χ0v) is 14.8. The lowest BCUT2D eigenvalue weighted by Gasteiger charge is -2.16. The molecule has 1 heterocycles. The van der Waals surface area contributed by atoms with Crippen molar-refractivity contribution in [3.8, 4) is 0 Å². The van der Waals surface area contributed by atoms with E-state index in [0.717, 1.165) is 38.2 Å². The topological polar surface area (TPSA) is 32.3 Å². The van der Waals surface area contributed by atoms with Gasteiger partial charge in [0.15, 0.2) is 11.6 Å². The standard InChI is InChI=1S/C21H24F2N2O/c22-19-8-6-16(12-20(19)23)7-9-21(26)24-13-18-10-11-25(15-18)14-17-4-2-1-3-5-17/h1-6,8,12,18H,7,9-11,13-15H2,(H,24,26)/t18-/m0/s1. The summed E-state index contributed by atoms with van der Waals surface area (Å²) < 4.78 is 26.1. The molecule has 1 amide bonds. The zero-order valence-electron chi connectivity index (χ0n) is 14.8. The van der Waals surface area contributed by atoms with Crippen LogP contribution in [0.3, 0.4) is 0 Å². The van der Waals surface area contributed by atoms with E-state index >= 15 is 0 Å². The van der Waals surface area contributed by atoms with Gasteiger partial charge in [0.05, 0.1) is 0 Å². The second-order valence-corrected chi connectivity index (χ2v) is 6.93. The molecule has 1 aliphatic rings. The molecule has 0 unspecified atom stereocenters. The summed E-state index contributed by atoms with van der Waals surface area (Å²) in [5.41, 5.74) is 1.94. The molecular weight excluding hydrogens is 334 g/mol. The molecule has 1 aliphatic heterocycles. The van der Waals surface area contributed by atoms with E-state index in [2.05, 4.69) is 34.5 Å². The number of nitrogens with one attached hydrogen (secondary N) is 1. The lowest BCUT2D eigenvalue weighted by molar-refractivity contribution is -0.121. The monoisotopic (exact) mass is 358 g/mol. The molecule has 2 aromatic rings. The Kier molecular flexibility index (Phi) is 6.34. The number of benzene rings is 2. The van der Waals surface area contributed by atoms with Crippen LogP contribution in [0.1, 0.15) is 24.0 Å². The summed E-state index contributed by atoms with van der Waals surface area (Å²) in [5.74, 6) is -1.31. The van der Waals surface area contributed by atoms with Gasteiger partial charge in [0.1, 0.15) is 0 Å². The van der Waals surface area contributed by atoms with Gasteiger partial charge in [-0.15, -0.1) is 0 Å². The Hall–Kier alpha value is -2.27. The highest BCUT2D eigenvalue weighted by molar-refractivity contribution is 5.76. The SMILES string of the molecule is O=C(CCc1ccc(F)c(F)c1)NC[C@@H]1CCN(Cc2ccccc2)C1. The summed E-state index contributed by atoms with van der Waals surface area (Å²) in [4.78, 5) is 14.4. The van der Waals surface area contributed by atoms with Crippen molar-refractivity contribution in [2.24, 2.45) is 5.92 Å². The maximum absolute atomic E-state index is 13.2. The molecule has 1 saturated heterocycles. The lowest BCUT2D eigenvalue weighted by atomic mass is 10.1. The average Bonchev–Trinajstić information content (AvgIpc) is 3.09. The number of amides is 1. The van der Waals surface area contributed by atoms with Crippen LogP contribution in [0.4, 0.5) is 8.78 Å². The predicted octanol–water partition coefficient (Wildman–Crippen LogP) is 3.54. The number of hydrogen-bond donors (Lipinski definition) is 1. The number of halogens is 2. The molecule has 0 bridgehead atoms. The number of rotatable bonds is 7. The summed E-state index contributed by atoms with van der Waals surface area (Å²) in [5, 5.41) is 2.97. The van der Waals surface area contributed by atoms with Gasteiger partial charge >= 0.3 is 0 Å². The highest BCUT2D eigenvalue weighted by Gasteiger charge is 2.22. The molecule has 1 atom stereocenters. The largest absolute Gasteiger partial charge is 0.356 e. The van der Waals surface area contributed by atoms with Crippen LogP contribution in [0.5, 0.6) is 0 Å². The Morgan fingerprint density at radius 2 is 1.88 bits per heavy atom. The Morgan fingerprint density at radius 1 is 1.08 bits per heavy atom. The minimum Gasteiger partial charge on any atom is -0.356 e. The van der Waals surface area contributed by atoms with Crippen molar-refractivity contribution in [3.63, 3.8) is 0 Å². The molecule has 3 rings (SSSR count). The van der Waals surface area contributed by atoms with Gasteiger partial charge in [-0.1, -0.05) is 36.4 Å². The van der Waals surface area contributed by atoms with Crippen LogP contribution in [0, 0.1) is 17.6 Å². The molecule has 0 saturated carbocycles. The van der Waals surface area contributed by atoms with Crippen LogP contribution in [0.25, 0.3) is 0 Å². The first-order valence-electron chi connectivity index (χ1n) is 9.07. The first kappa shape index (κ1) is 18.5.